The topological polar surface area (TPSA) is 105 Å². The molecule has 1 saturated heterocycles. The van der Waals surface area contributed by atoms with E-state index < -0.39 is 17.6 Å². The molecule has 4 atom stereocenters. The third-order valence-corrected chi connectivity index (χ3v) is 7.63. The van der Waals surface area contributed by atoms with Gasteiger partial charge in [0.2, 0.25) is 11.8 Å². The molecule has 4 aliphatic rings. The van der Waals surface area contributed by atoms with Crippen molar-refractivity contribution in [3.63, 3.8) is 0 Å². The second-order valence-electron chi connectivity index (χ2n) is 8.88. The number of nitrogens with zero attached hydrogens (tertiary/aromatic N) is 1. The van der Waals surface area contributed by atoms with E-state index >= 15 is 0 Å². The summed E-state index contributed by atoms with van der Waals surface area (Å²) in [4.78, 5) is 40.6. The summed E-state index contributed by atoms with van der Waals surface area (Å²) in [5, 5.41) is 3.54. The van der Waals surface area contributed by atoms with Crippen LogP contribution in [0.2, 0.25) is 0 Å². The molecule has 8 heteroatoms. The van der Waals surface area contributed by atoms with Crippen LogP contribution >= 0.6 is 11.9 Å². The summed E-state index contributed by atoms with van der Waals surface area (Å²) < 4.78 is 2.97. The lowest BCUT2D eigenvalue weighted by atomic mass is 10.1. The zero-order valence-electron chi connectivity index (χ0n) is 16.9. The molecule has 2 heterocycles. The molecule has 160 valence electrons. The first-order valence-electron chi connectivity index (χ1n) is 11.0. The molecule has 0 aromatic rings. The third-order valence-electron chi connectivity index (χ3n) is 6.52. The number of hydrogen-bond donors (Lipinski definition) is 3. The van der Waals surface area contributed by atoms with Gasteiger partial charge in [0.15, 0.2) is 0 Å². The average Bonchev–Trinajstić information content (AvgIpc) is 3.61. The molecule has 0 aromatic carbocycles. The molecule has 7 nitrogen and oxygen atoms in total. The van der Waals surface area contributed by atoms with Crippen molar-refractivity contribution in [2.75, 3.05) is 6.54 Å². The highest BCUT2D eigenvalue weighted by Gasteiger charge is 2.60. The first-order valence-corrected chi connectivity index (χ1v) is 11.9. The molecule has 2 aliphatic heterocycles. The monoisotopic (exact) mass is 420 g/mol. The molecule has 2 aliphatic carbocycles. The number of amides is 3. The summed E-state index contributed by atoms with van der Waals surface area (Å²) in [5.41, 5.74) is 5.26. The van der Waals surface area contributed by atoms with E-state index in [9.17, 15) is 14.4 Å². The number of nitrogens with two attached hydrogens (primary N) is 1. The molecule has 0 bridgehead atoms. The summed E-state index contributed by atoms with van der Waals surface area (Å²) in [7, 11) is 0. The van der Waals surface area contributed by atoms with Gasteiger partial charge >= 0.3 is 0 Å². The molecule has 2 unspecified atom stereocenters. The van der Waals surface area contributed by atoms with Crippen molar-refractivity contribution in [2.24, 2.45) is 11.7 Å². The maximum absolute atomic E-state index is 13.1. The van der Waals surface area contributed by atoms with Crippen molar-refractivity contribution >= 4 is 29.7 Å². The van der Waals surface area contributed by atoms with Gasteiger partial charge in [-0.05, 0) is 63.3 Å². The number of allylic oxidation sites excluding steroid dienone is 1. The van der Waals surface area contributed by atoms with Crippen LogP contribution in [0.15, 0.2) is 12.2 Å². The maximum Gasteiger partial charge on any atom is 0.256 e. The van der Waals surface area contributed by atoms with Crippen LogP contribution in [0.4, 0.5) is 0 Å². The number of rotatable bonds is 3. The smallest absolute Gasteiger partial charge is 0.256 e. The number of hydrogen-bond acceptors (Lipinski definition) is 5. The average molecular weight is 421 g/mol. The van der Waals surface area contributed by atoms with Gasteiger partial charge in [-0.2, -0.15) is 0 Å². The second kappa shape index (κ2) is 8.68. The van der Waals surface area contributed by atoms with E-state index in [1.54, 1.807) is 4.90 Å². The maximum atomic E-state index is 13.1. The van der Waals surface area contributed by atoms with Gasteiger partial charge in [-0.3, -0.25) is 19.1 Å². The minimum Gasteiger partial charge on any atom is -0.339 e. The highest BCUT2D eigenvalue weighted by Crippen LogP contribution is 2.46. The predicted molar refractivity (Wildman–Crippen MR) is 113 cm³/mol. The van der Waals surface area contributed by atoms with Gasteiger partial charge in [-0.15, -0.1) is 0 Å². The van der Waals surface area contributed by atoms with Gasteiger partial charge in [0.25, 0.3) is 5.91 Å². The highest BCUT2D eigenvalue weighted by molar-refractivity contribution is 7.98. The van der Waals surface area contributed by atoms with Gasteiger partial charge in [0.1, 0.15) is 11.6 Å². The van der Waals surface area contributed by atoms with E-state index in [1.807, 2.05) is 0 Å². The fraction of sp³-hybridized carbons (Fsp3) is 0.762. The standard InChI is InChI=1S/C21H32N4O3S/c22-16-8-5-3-1-2-4-7-14-13-21(14,20(28)24-29-15-10-11-15)23-18(26)17-9-6-12-25(17)19(16)27/h4,7,14-17H,1-3,5-6,8-13,22H2,(H,23,26)(H,24,28)/b7-4-/t14?,16-,17?,21+/m0/s1. The van der Waals surface area contributed by atoms with Gasteiger partial charge < -0.3 is 16.0 Å². The minimum absolute atomic E-state index is 0.0178. The Hall–Kier alpha value is -1.54. The molecule has 4 rings (SSSR count). The summed E-state index contributed by atoms with van der Waals surface area (Å²) in [6.45, 7) is 0.560. The lowest BCUT2D eigenvalue weighted by molar-refractivity contribution is -0.140. The van der Waals surface area contributed by atoms with Crippen molar-refractivity contribution in [1.82, 2.24) is 14.9 Å². The van der Waals surface area contributed by atoms with Crippen LogP contribution in [0.5, 0.6) is 0 Å². The van der Waals surface area contributed by atoms with Gasteiger partial charge in [-0.25, -0.2) is 0 Å². The molecule has 3 amide bonds. The molecule has 4 N–H and O–H groups in total. The van der Waals surface area contributed by atoms with Crippen molar-refractivity contribution in [1.29, 1.82) is 0 Å². The quantitative estimate of drug-likeness (QED) is 0.475. The first-order chi connectivity index (χ1) is 14.0. The number of nitrogens with one attached hydrogen (secondary N) is 2. The van der Waals surface area contributed by atoms with Gasteiger partial charge in [0, 0.05) is 17.7 Å². The Kier molecular flexibility index (Phi) is 6.20. The molecular formula is C21H32N4O3S. The molecular weight excluding hydrogens is 388 g/mol. The van der Waals surface area contributed by atoms with Crippen molar-refractivity contribution in [3.05, 3.63) is 12.2 Å². The Balaban J connectivity index is 1.51. The third kappa shape index (κ3) is 4.63. The van der Waals surface area contributed by atoms with Crippen molar-refractivity contribution < 1.29 is 14.4 Å². The Labute approximate surface area is 176 Å². The zero-order chi connectivity index (χ0) is 20.4. The summed E-state index contributed by atoms with van der Waals surface area (Å²) >= 11 is 1.47. The van der Waals surface area contributed by atoms with Crippen LogP contribution in [0, 0.1) is 5.92 Å². The van der Waals surface area contributed by atoms with E-state index in [0.717, 1.165) is 44.9 Å². The van der Waals surface area contributed by atoms with Gasteiger partial charge in [0.05, 0.1) is 6.04 Å². The molecule has 2 saturated carbocycles. The van der Waals surface area contributed by atoms with E-state index in [-0.39, 0.29) is 23.6 Å². The van der Waals surface area contributed by atoms with Crippen LogP contribution in [0.25, 0.3) is 0 Å². The van der Waals surface area contributed by atoms with E-state index in [2.05, 4.69) is 22.2 Å². The molecule has 29 heavy (non-hydrogen) atoms. The van der Waals surface area contributed by atoms with E-state index in [4.69, 9.17) is 5.73 Å². The SMILES string of the molecule is N[C@H]1CCCCC/C=C\C2C[C@@]2(C(=O)NSC2CC2)NC(=O)C2CCCN2C1=O. The lowest BCUT2D eigenvalue weighted by Gasteiger charge is -2.28. The van der Waals surface area contributed by atoms with Crippen LogP contribution in [0.1, 0.15) is 64.2 Å². The van der Waals surface area contributed by atoms with E-state index in [1.165, 1.54) is 11.9 Å². The molecule has 0 spiro atoms. The molecule has 0 radical (unpaired) electrons. The Morgan fingerprint density at radius 1 is 1.17 bits per heavy atom. The van der Waals surface area contributed by atoms with E-state index in [0.29, 0.717) is 31.1 Å². The van der Waals surface area contributed by atoms with Crippen molar-refractivity contribution in [3.8, 4) is 0 Å². The highest BCUT2D eigenvalue weighted by atomic mass is 32.2. The molecule has 3 fully saturated rings. The van der Waals surface area contributed by atoms with Crippen LogP contribution in [-0.2, 0) is 14.4 Å². The van der Waals surface area contributed by atoms with Crippen LogP contribution < -0.4 is 15.8 Å². The largest absolute Gasteiger partial charge is 0.339 e. The van der Waals surface area contributed by atoms with Crippen LogP contribution in [0.3, 0.4) is 0 Å². The minimum atomic E-state index is -0.880. The Morgan fingerprint density at radius 2 is 2.00 bits per heavy atom. The fourth-order valence-electron chi connectivity index (χ4n) is 4.40. The predicted octanol–water partition coefficient (Wildman–Crippen LogP) is 1.63. The lowest BCUT2D eigenvalue weighted by Crippen LogP contribution is -2.56. The second-order valence-corrected chi connectivity index (χ2v) is 9.99. The summed E-state index contributed by atoms with van der Waals surface area (Å²) in [6, 6.07) is -1.07. The first kappa shape index (κ1) is 20.7. The zero-order valence-corrected chi connectivity index (χ0v) is 17.7. The number of carbonyl (C=O) groups is 3. The summed E-state index contributed by atoms with van der Waals surface area (Å²) in [6.07, 6.45) is 13.1. The molecule has 0 aromatic heterocycles. The summed E-state index contributed by atoms with van der Waals surface area (Å²) in [5.74, 6) is -0.454. The van der Waals surface area contributed by atoms with Crippen molar-refractivity contribution in [2.45, 2.75) is 87.1 Å². The normalized spacial score (nSPS) is 36.9. The van der Waals surface area contributed by atoms with Gasteiger partial charge in [-0.1, -0.05) is 25.0 Å². The Bertz CT molecular complexity index is 695. The number of carbonyl (C=O) groups excluding carboxylic acids is 3. The Morgan fingerprint density at radius 3 is 2.79 bits per heavy atom. The number of fused-ring (bicyclic) bond motifs is 2. The fourth-order valence-corrected chi connectivity index (χ4v) is 5.23. The van der Waals surface area contributed by atoms with Crippen LogP contribution in [-0.4, -0.2) is 52.0 Å².